The van der Waals surface area contributed by atoms with Crippen LogP contribution in [0.25, 0.3) is 0 Å². The van der Waals surface area contributed by atoms with Gasteiger partial charge in [0.05, 0.1) is 5.02 Å². The molecule has 0 aliphatic rings. The van der Waals surface area contributed by atoms with Crippen molar-refractivity contribution in [3.8, 4) is 5.75 Å². The number of nitrogens with one attached hydrogen (secondary N) is 1. The van der Waals surface area contributed by atoms with E-state index in [0.29, 0.717) is 17.3 Å². The highest BCUT2D eigenvalue weighted by molar-refractivity contribution is 6.32. The number of halogens is 1. The number of amides is 1. The normalized spacial score (nSPS) is 11.9. The van der Waals surface area contributed by atoms with Crippen LogP contribution in [0.2, 0.25) is 5.02 Å². The molecule has 0 unspecified atom stereocenters. The lowest BCUT2D eigenvalue weighted by molar-refractivity contribution is -0.127. The van der Waals surface area contributed by atoms with Crippen molar-refractivity contribution in [1.29, 1.82) is 0 Å². The Balaban J connectivity index is 2.46. The quantitative estimate of drug-likeness (QED) is 0.794. The first-order valence-electron chi connectivity index (χ1n) is 5.84. The van der Waals surface area contributed by atoms with Gasteiger partial charge in [0.25, 0.3) is 5.91 Å². The zero-order valence-corrected chi connectivity index (χ0v) is 11.0. The van der Waals surface area contributed by atoms with Crippen LogP contribution in [-0.4, -0.2) is 18.6 Å². The van der Waals surface area contributed by atoms with E-state index in [1.54, 1.807) is 19.1 Å². The van der Waals surface area contributed by atoms with Gasteiger partial charge < -0.3 is 10.1 Å². The van der Waals surface area contributed by atoms with Gasteiger partial charge in [-0.15, -0.1) is 0 Å². The third-order valence-electron chi connectivity index (χ3n) is 2.34. The van der Waals surface area contributed by atoms with Crippen molar-refractivity contribution < 1.29 is 9.53 Å². The van der Waals surface area contributed by atoms with Crippen LogP contribution in [0.15, 0.2) is 24.3 Å². The molecule has 1 atom stereocenters. The number of hydrogen-bond acceptors (Lipinski definition) is 2. The van der Waals surface area contributed by atoms with Gasteiger partial charge in [-0.05, 0) is 25.5 Å². The van der Waals surface area contributed by atoms with E-state index in [-0.39, 0.29) is 5.91 Å². The van der Waals surface area contributed by atoms with Crippen LogP contribution in [-0.2, 0) is 4.79 Å². The molecule has 17 heavy (non-hydrogen) atoms. The van der Waals surface area contributed by atoms with E-state index in [0.717, 1.165) is 12.8 Å². The summed E-state index contributed by atoms with van der Waals surface area (Å²) in [6.07, 6.45) is 1.50. The van der Waals surface area contributed by atoms with Crippen molar-refractivity contribution in [1.82, 2.24) is 5.32 Å². The second kappa shape index (κ2) is 7.17. The number of rotatable bonds is 6. The van der Waals surface area contributed by atoms with Crippen molar-refractivity contribution in [3.05, 3.63) is 29.3 Å². The summed E-state index contributed by atoms with van der Waals surface area (Å²) >= 11 is 5.94. The van der Waals surface area contributed by atoms with Crippen LogP contribution >= 0.6 is 11.6 Å². The fourth-order valence-corrected chi connectivity index (χ4v) is 1.50. The molecule has 1 rings (SSSR count). The molecule has 0 bridgehead atoms. The maximum Gasteiger partial charge on any atom is 0.260 e. The van der Waals surface area contributed by atoms with Crippen LogP contribution in [0.5, 0.6) is 5.75 Å². The third kappa shape index (κ3) is 4.65. The minimum absolute atomic E-state index is 0.113. The topological polar surface area (TPSA) is 38.3 Å². The molecular weight excluding hydrogens is 238 g/mol. The van der Waals surface area contributed by atoms with Gasteiger partial charge in [-0.1, -0.05) is 37.1 Å². The Morgan fingerprint density at radius 2 is 2.18 bits per heavy atom. The van der Waals surface area contributed by atoms with Crippen molar-refractivity contribution >= 4 is 17.5 Å². The Morgan fingerprint density at radius 3 is 2.82 bits per heavy atom. The molecule has 0 heterocycles. The molecule has 0 aliphatic carbocycles. The SMILES string of the molecule is CCCCNC(=O)[C@@H](C)Oc1ccccc1Cl. The van der Waals surface area contributed by atoms with Gasteiger partial charge in [-0.2, -0.15) is 0 Å². The number of carbonyl (C=O) groups is 1. The smallest absolute Gasteiger partial charge is 0.260 e. The number of carbonyl (C=O) groups excluding carboxylic acids is 1. The van der Waals surface area contributed by atoms with Gasteiger partial charge in [0, 0.05) is 6.54 Å². The summed E-state index contributed by atoms with van der Waals surface area (Å²) < 4.78 is 5.49. The predicted octanol–water partition coefficient (Wildman–Crippen LogP) is 3.02. The van der Waals surface area contributed by atoms with E-state index in [1.165, 1.54) is 0 Å². The highest BCUT2D eigenvalue weighted by Gasteiger charge is 2.14. The maximum atomic E-state index is 11.7. The number of benzene rings is 1. The molecule has 3 nitrogen and oxygen atoms in total. The van der Waals surface area contributed by atoms with Gasteiger partial charge in [0.1, 0.15) is 5.75 Å². The molecular formula is C13H18ClNO2. The summed E-state index contributed by atoms with van der Waals surface area (Å²) in [7, 11) is 0. The predicted molar refractivity (Wildman–Crippen MR) is 69.5 cm³/mol. The molecule has 0 spiro atoms. The molecule has 0 aromatic heterocycles. The Labute approximate surface area is 107 Å². The Hall–Kier alpha value is -1.22. The van der Waals surface area contributed by atoms with Gasteiger partial charge >= 0.3 is 0 Å². The molecule has 4 heteroatoms. The highest BCUT2D eigenvalue weighted by Crippen LogP contribution is 2.24. The number of ether oxygens (including phenoxy) is 1. The van der Waals surface area contributed by atoms with E-state index in [4.69, 9.17) is 16.3 Å². The monoisotopic (exact) mass is 255 g/mol. The number of hydrogen-bond donors (Lipinski definition) is 1. The molecule has 0 saturated heterocycles. The summed E-state index contributed by atoms with van der Waals surface area (Å²) in [5.41, 5.74) is 0. The van der Waals surface area contributed by atoms with E-state index in [2.05, 4.69) is 12.2 Å². The van der Waals surface area contributed by atoms with Crippen LogP contribution in [0.1, 0.15) is 26.7 Å². The van der Waals surface area contributed by atoms with Crippen LogP contribution in [0.4, 0.5) is 0 Å². The first-order chi connectivity index (χ1) is 8.15. The van der Waals surface area contributed by atoms with Crippen LogP contribution in [0.3, 0.4) is 0 Å². The first kappa shape index (κ1) is 13.8. The Bertz CT molecular complexity index is 368. The standard InChI is InChI=1S/C13H18ClNO2/c1-3-4-9-15-13(16)10(2)17-12-8-6-5-7-11(12)14/h5-8,10H,3-4,9H2,1-2H3,(H,15,16)/t10-/m1/s1. The molecule has 1 amide bonds. The fourth-order valence-electron chi connectivity index (χ4n) is 1.32. The highest BCUT2D eigenvalue weighted by atomic mass is 35.5. The average molecular weight is 256 g/mol. The van der Waals surface area contributed by atoms with E-state index in [9.17, 15) is 4.79 Å². The summed E-state index contributed by atoms with van der Waals surface area (Å²) in [6, 6.07) is 7.13. The largest absolute Gasteiger partial charge is 0.479 e. The fraction of sp³-hybridized carbons (Fsp3) is 0.462. The Morgan fingerprint density at radius 1 is 1.47 bits per heavy atom. The van der Waals surface area contributed by atoms with Gasteiger partial charge in [-0.3, -0.25) is 4.79 Å². The lowest BCUT2D eigenvalue weighted by atomic mass is 10.3. The second-order valence-corrected chi connectivity index (χ2v) is 4.24. The van der Waals surface area contributed by atoms with Crippen molar-refractivity contribution in [2.75, 3.05) is 6.54 Å². The van der Waals surface area contributed by atoms with E-state index < -0.39 is 6.10 Å². The second-order valence-electron chi connectivity index (χ2n) is 3.84. The van der Waals surface area contributed by atoms with Gasteiger partial charge in [-0.25, -0.2) is 0 Å². The summed E-state index contributed by atoms with van der Waals surface area (Å²) in [5, 5.41) is 3.33. The molecule has 1 aromatic carbocycles. The van der Waals surface area contributed by atoms with Crippen molar-refractivity contribution in [2.24, 2.45) is 0 Å². The summed E-state index contributed by atoms with van der Waals surface area (Å²) in [4.78, 5) is 11.7. The van der Waals surface area contributed by atoms with Crippen LogP contribution in [0, 0.1) is 0 Å². The van der Waals surface area contributed by atoms with E-state index >= 15 is 0 Å². The summed E-state index contributed by atoms with van der Waals surface area (Å²) in [5.74, 6) is 0.422. The average Bonchev–Trinajstić information content (AvgIpc) is 2.32. The van der Waals surface area contributed by atoms with Crippen molar-refractivity contribution in [2.45, 2.75) is 32.8 Å². The number of unbranched alkanes of at least 4 members (excludes halogenated alkanes) is 1. The molecule has 0 saturated carbocycles. The van der Waals surface area contributed by atoms with Crippen LogP contribution < -0.4 is 10.1 Å². The maximum absolute atomic E-state index is 11.7. The molecule has 0 fully saturated rings. The van der Waals surface area contributed by atoms with Gasteiger partial charge in [0.15, 0.2) is 6.10 Å². The minimum Gasteiger partial charge on any atom is -0.479 e. The summed E-state index contributed by atoms with van der Waals surface area (Å²) in [6.45, 7) is 4.48. The molecule has 0 radical (unpaired) electrons. The molecule has 94 valence electrons. The minimum atomic E-state index is -0.535. The van der Waals surface area contributed by atoms with Crippen molar-refractivity contribution in [3.63, 3.8) is 0 Å². The zero-order chi connectivity index (χ0) is 12.7. The first-order valence-corrected chi connectivity index (χ1v) is 6.21. The lowest BCUT2D eigenvalue weighted by Crippen LogP contribution is -2.36. The molecule has 1 N–H and O–H groups in total. The molecule has 1 aromatic rings. The lowest BCUT2D eigenvalue weighted by Gasteiger charge is -2.15. The van der Waals surface area contributed by atoms with Gasteiger partial charge in [0.2, 0.25) is 0 Å². The molecule has 0 aliphatic heterocycles. The van der Waals surface area contributed by atoms with E-state index in [1.807, 2.05) is 12.1 Å². The third-order valence-corrected chi connectivity index (χ3v) is 2.65. The zero-order valence-electron chi connectivity index (χ0n) is 10.2. The Kier molecular flexibility index (Phi) is 5.84. The number of para-hydroxylation sites is 1.